The van der Waals surface area contributed by atoms with Crippen LogP contribution >= 0.6 is 0 Å². The van der Waals surface area contributed by atoms with Crippen LogP contribution in [0.1, 0.15) is 50.7 Å². The predicted molar refractivity (Wildman–Crippen MR) is 148 cm³/mol. The van der Waals surface area contributed by atoms with Crippen LogP contribution in [0.15, 0.2) is 60.7 Å². The van der Waals surface area contributed by atoms with Gasteiger partial charge in [-0.2, -0.15) is 4.31 Å². The fourth-order valence-electron chi connectivity index (χ4n) is 4.64. The molecular formula is C29H38FN3O4S. The minimum atomic E-state index is -3.55. The number of hydrogen-bond donors (Lipinski definition) is 0. The Morgan fingerprint density at radius 3 is 2.26 bits per heavy atom. The maximum Gasteiger partial charge on any atom is 0.246 e. The van der Waals surface area contributed by atoms with Crippen molar-refractivity contribution in [2.24, 2.45) is 0 Å². The third-order valence-corrected chi connectivity index (χ3v) is 8.68. The molecule has 1 heterocycles. The molecule has 2 amide bonds. The topological polar surface area (TPSA) is 78.0 Å². The van der Waals surface area contributed by atoms with Gasteiger partial charge in [-0.3, -0.25) is 9.59 Å². The smallest absolute Gasteiger partial charge is 0.246 e. The maximum absolute atomic E-state index is 13.6. The van der Waals surface area contributed by atoms with E-state index in [1.54, 1.807) is 41.0 Å². The van der Waals surface area contributed by atoms with Gasteiger partial charge < -0.3 is 9.80 Å². The molecule has 0 N–H and O–H groups in total. The molecule has 1 saturated heterocycles. The van der Waals surface area contributed by atoms with E-state index in [0.29, 0.717) is 38.8 Å². The van der Waals surface area contributed by atoms with Gasteiger partial charge in [0, 0.05) is 38.3 Å². The van der Waals surface area contributed by atoms with Gasteiger partial charge in [0.2, 0.25) is 21.8 Å². The van der Waals surface area contributed by atoms with Crippen LogP contribution in [0.5, 0.6) is 0 Å². The SMILES string of the molecule is CCCN(CC(=O)N(Cc1ccc(F)cc1)C1CCN(C(=O)/C=C/c2ccccc2)CC1)S(=O)(=O)CCC. The molecule has 0 aromatic heterocycles. The number of benzene rings is 2. The predicted octanol–water partition coefficient (Wildman–Crippen LogP) is 4.31. The molecule has 1 aliphatic heterocycles. The van der Waals surface area contributed by atoms with E-state index in [9.17, 15) is 22.4 Å². The molecule has 0 unspecified atom stereocenters. The van der Waals surface area contributed by atoms with Crippen molar-refractivity contribution in [2.75, 3.05) is 31.9 Å². The summed E-state index contributed by atoms with van der Waals surface area (Å²) < 4.78 is 40.4. The number of hydrogen-bond acceptors (Lipinski definition) is 4. The molecule has 0 saturated carbocycles. The van der Waals surface area contributed by atoms with Crippen LogP contribution < -0.4 is 0 Å². The van der Waals surface area contributed by atoms with Crippen molar-refractivity contribution in [1.82, 2.24) is 14.1 Å². The van der Waals surface area contributed by atoms with Gasteiger partial charge >= 0.3 is 0 Å². The highest BCUT2D eigenvalue weighted by molar-refractivity contribution is 7.89. The molecule has 1 aliphatic rings. The number of carbonyl (C=O) groups excluding carboxylic acids is 2. The van der Waals surface area contributed by atoms with E-state index in [1.165, 1.54) is 16.4 Å². The first-order valence-corrected chi connectivity index (χ1v) is 14.9. The van der Waals surface area contributed by atoms with Crippen molar-refractivity contribution in [3.63, 3.8) is 0 Å². The second-order valence-corrected chi connectivity index (χ2v) is 11.7. The summed E-state index contributed by atoms with van der Waals surface area (Å²) in [5.41, 5.74) is 1.71. The fourth-order valence-corrected chi connectivity index (χ4v) is 6.18. The number of piperidine rings is 1. The Labute approximate surface area is 226 Å². The Morgan fingerprint density at radius 1 is 1.00 bits per heavy atom. The first-order valence-electron chi connectivity index (χ1n) is 13.3. The van der Waals surface area contributed by atoms with E-state index < -0.39 is 10.0 Å². The molecule has 0 spiro atoms. The number of nitrogens with zero attached hydrogens (tertiary/aromatic N) is 3. The summed E-state index contributed by atoms with van der Waals surface area (Å²) in [6, 6.07) is 15.4. The van der Waals surface area contributed by atoms with Gasteiger partial charge in [-0.05, 0) is 55.0 Å². The average Bonchev–Trinajstić information content (AvgIpc) is 2.91. The van der Waals surface area contributed by atoms with E-state index >= 15 is 0 Å². The van der Waals surface area contributed by atoms with Crippen LogP contribution in [0.3, 0.4) is 0 Å². The first-order chi connectivity index (χ1) is 18.2. The van der Waals surface area contributed by atoms with Crippen molar-refractivity contribution < 1.29 is 22.4 Å². The van der Waals surface area contributed by atoms with Crippen LogP contribution in [0, 0.1) is 5.82 Å². The average molecular weight is 544 g/mol. The lowest BCUT2D eigenvalue weighted by molar-refractivity contribution is -0.136. The third kappa shape index (κ3) is 8.49. The zero-order chi connectivity index (χ0) is 27.5. The van der Waals surface area contributed by atoms with Crippen molar-refractivity contribution in [1.29, 1.82) is 0 Å². The molecule has 2 aromatic rings. The normalized spacial score (nSPS) is 14.8. The number of rotatable bonds is 12. The number of carbonyl (C=O) groups is 2. The van der Waals surface area contributed by atoms with E-state index in [2.05, 4.69) is 0 Å². The van der Waals surface area contributed by atoms with Gasteiger partial charge in [-0.25, -0.2) is 12.8 Å². The molecule has 38 heavy (non-hydrogen) atoms. The van der Waals surface area contributed by atoms with Gasteiger partial charge in [-0.1, -0.05) is 56.3 Å². The zero-order valence-corrected chi connectivity index (χ0v) is 23.1. The van der Waals surface area contributed by atoms with E-state index in [1.807, 2.05) is 37.3 Å². The first kappa shape index (κ1) is 29.5. The summed E-state index contributed by atoms with van der Waals surface area (Å²) in [5.74, 6) is -0.726. The summed E-state index contributed by atoms with van der Waals surface area (Å²) >= 11 is 0. The largest absolute Gasteiger partial charge is 0.339 e. The highest BCUT2D eigenvalue weighted by Crippen LogP contribution is 2.21. The fraction of sp³-hybridized carbons (Fsp3) is 0.448. The number of likely N-dealkylation sites (tertiary alicyclic amines) is 1. The van der Waals surface area contributed by atoms with E-state index in [-0.39, 0.29) is 49.1 Å². The molecule has 7 nitrogen and oxygen atoms in total. The Bertz CT molecular complexity index is 1180. The monoisotopic (exact) mass is 543 g/mol. The zero-order valence-electron chi connectivity index (χ0n) is 22.3. The molecule has 3 rings (SSSR count). The molecule has 0 aliphatic carbocycles. The summed E-state index contributed by atoms with van der Waals surface area (Å²) in [7, 11) is -3.55. The van der Waals surface area contributed by atoms with Crippen molar-refractivity contribution in [2.45, 2.75) is 52.1 Å². The lowest BCUT2D eigenvalue weighted by atomic mass is 10.0. The highest BCUT2D eigenvalue weighted by Gasteiger charge is 2.32. The molecule has 206 valence electrons. The summed E-state index contributed by atoms with van der Waals surface area (Å²) in [6.45, 7) is 4.96. The lowest BCUT2D eigenvalue weighted by Gasteiger charge is -2.39. The third-order valence-electron chi connectivity index (χ3n) is 6.66. The van der Waals surface area contributed by atoms with Crippen LogP contribution in [-0.4, -0.2) is 72.3 Å². The molecule has 2 aromatic carbocycles. The van der Waals surface area contributed by atoms with Crippen LogP contribution in [0.25, 0.3) is 6.08 Å². The van der Waals surface area contributed by atoms with Gasteiger partial charge in [-0.15, -0.1) is 0 Å². The van der Waals surface area contributed by atoms with Gasteiger partial charge in [0.1, 0.15) is 5.82 Å². The Kier molecular flexibility index (Phi) is 11.0. The molecular weight excluding hydrogens is 505 g/mol. The molecule has 9 heteroatoms. The van der Waals surface area contributed by atoms with Crippen LogP contribution in [-0.2, 0) is 26.2 Å². The number of amides is 2. The van der Waals surface area contributed by atoms with E-state index in [4.69, 9.17) is 0 Å². The molecule has 0 bridgehead atoms. The van der Waals surface area contributed by atoms with Crippen molar-refractivity contribution in [3.05, 3.63) is 77.6 Å². The second-order valence-electron chi connectivity index (χ2n) is 9.60. The Balaban J connectivity index is 1.72. The number of halogens is 1. The maximum atomic E-state index is 13.6. The van der Waals surface area contributed by atoms with Gasteiger partial charge in [0.25, 0.3) is 0 Å². The summed E-state index contributed by atoms with van der Waals surface area (Å²) in [5, 5.41) is 0. The van der Waals surface area contributed by atoms with Gasteiger partial charge in [0.15, 0.2) is 0 Å². The quantitative estimate of drug-likeness (QED) is 0.374. The number of sulfonamides is 1. The van der Waals surface area contributed by atoms with Crippen LogP contribution in [0.4, 0.5) is 4.39 Å². The molecule has 0 atom stereocenters. The standard InChI is InChI=1S/C29H38FN3O4S/c1-3-18-32(38(36,37)21-4-2)23-29(35)33(22-25-10-13-26(30)14-11-25)27-16-19-31(20-17-27)28(34)15-12-24-8-6-5-7-9-24/h5-15,27H,3-4,16-23H2,1-2H3/b15-12+. The summed E-state index contributed by atoms with van der Waals surface area (Å²) in [4.78, 5) is 29.8. The summed E-state index contributed by atoms with van der Waals surface area (Å²) in [6.07, 6.45) is 5.59. The second kappa shape index (κ2) is 14.2. The lowest BCUT2D eigenvalue weighted by Crippen LogP contribution is -2.51. The van der Waals surface area contributed by atoms with Crippen molar-refractivity contribution >= 4 is 27.9 Å². The van der Waals surface area contributed by atoms with Crippen molar-refractivity contribution in [3.8, 4) is 0 Å². The Morgan fingerprint density at radius 2 is 1.66 bits per heavy atom. The van der Waals surface area contributed by atoms with Crippen LogP contribution in [0.2, 0.25) is 0 Å². The minimum absolute atomic E-state index is 0.00472. The van der Waals surface area contributed by atoms with Gasteiger partial charge in [0.05, 0.1) is 12.3 Å². The Hall–Kier alpha value is -3.04. The van der Waals surface area contributed by atoms with E-state index in [0.717, 1.165) is 11.1 Å². The highest BCUT2D eigenvalue weighted by atomic mass is 32.2. The molecule has 0 radical (unpaired) electrons. The molecule has 1 fully saturated rings. The minimum Gasteiger partial charge on any atom is -0.339 e.